The first kappa shape index (κ1) is 13.6. The van der Waals surface area contributed by atoms with Gasteiger partial charge in [-0.25, -0.2) is 4.98 Å². The maximum atomic E-state index is 12.1. The zero-order chi connectivity index (χ0) is 13.3. The molecule has 1 N–H and O–H groups in total. The van der Waals surface area contributed by atoms with Crippen molar-refractivity contribution in [3.8, 4) is 0 Å². The summed E-state index contributed by atoms with van der Waals surface area (Å²) in [6, 6.07) is 3.27. The minimum absolute atomic E-state index is 0.138. The summed E-state index contributed by atoms with van der Waals surface area (Å²) < 4.78 is 0. The Morgan fingerprint density at radius 3 is 2.50 bits per heavy atom. The fourth-order valence-electron chi connectivity index (χ4n) is 2.43. The third-order valence-electron chi connectivity index (χ3n) is 3.59. The molecule has 0 aliphatic heterocycles. The molecule has 0 spiro atoms. The van der Waals surface area contributed by atoms with Gasteiger partial charge in [-0.05, 0) is 30.4 Å². The Balaban J connectivity index is 2.12. The third kappa shape index (κ3) is 2.96. The third-order valence-corrected chi connectivity index (χ3v) is 3.97. The molecule has 1 aliphatic carbocycles. The average Bonchev–Trinajstić information content (AvgIpc) is 2.57. The Bertz CT molecular complexity index is 454. The number of carbonyl (C=O) groups is 1. The van der Waals surface area contributed by atoms with Gasteiger partial charge in [-0.1, -0.05) is 43.5 Å². The highest BCUT2D eigenvalue weighted by atomic mass is 35.5. The van der Waals surface area contributed by atoms with Gasteiger partial charge in [-0.3, -0.25) is 4.79 Å². The quantitative estimate of drug-likeness (QED) is 0.843. The van der Waals surface area contributed by atoms with Crippen molar-refractivity contribution < 1.29 is 4.79 Å². The number of carbonyl (C=O) groups excluding carboxylic acids is 1. The molecule has 1 amide bonds. The second-order valence-electron chi connectivity index (χ2n) is 5.41. The number of amides is 1. The molecule has 18 heavy (non-hydrogen) atoms. The molecule has 98 valence electrons. The smallest absolute Gasteiger partial charge is 0.251 e. The van der Waals surface area contributed by atoms with Crippen LogP contribution in [0.2, 0.25) is 10.3 Å². The standard InChI is InChI=1S/C13H16Cl2N2O/c1-13(2)5-3-4-9(13)16-12(18)8-6-10(14)17-11(15)7-8/h6-7,9H,3-5H2,1-2H3,(H,16,18). The second-order valence-corrected chi connectivity index (χ2v) is 6.18. The Kier molecular flexibility index (Phi) is 3.83. The molecule has 2 rings (SSSR count). The summed E-state index contributed by atoms with van der Waals surface area (Å²) in [5, 5.41) is 3.52. The van der Waals surface area contributed by atoms with E-state index in [9.17, 15) is 4.79 Å². The monoisotopic (exact) mass is 286 g/mol. The van der Waals surface area contributed by atoms with Gasteiger partial charge in [-0.2, -0.15) is 0 Å². The van der Waals surface area contributed by atoms with Crippen molar-refractivity contribution in [3.63, 3.8) is 0 Å². The molecule has 1 fully saturated rings. The summed E-state index contributed by atoms with van der Waals surface area (Å²) in [4.78, 5) is 16.0. The maximum Gasteiger partial charge on any atom is 0.251 e. The van der Waals surface area contributed by atoms with Gasteiger partial charge in [-0.15, -0.1) is 0 Å². The van der Waals surface area contributed by atoms with E-state index in [1.165, 1.54) is 12.1 Å². The largest absolute Gasteiger partial charge is 0.349 e. The lowest BCUT2D eigenvalue weighted by atomic mass is 9.87. The van der Waals surface area contributed by atoms with Crippen LogP contribution >= 0.6 is 23.2 Å². The van der Waals surface area contributed by atoms with Crippen molar-refractivity contribution in [2.45, 2.75) is 39.2 Å². The number of nitrogens with one attached hydrogen (secondary N) is 1. The molecule has 0 bridgehead atoms. The van der Waals surface area contributed by atoms with Crippen LogP contribution in [0.4, 0.5) is 0 Å². The highest BCUT2D eigenvalue weighted by Gasteiger charge is 2.35. The van der Waals surface area contributed by atoms with E-state index < -0.39 is 0 Å². The Labute approximate surface area is 117 Å². The summed E-state index contributed by atoms with van der Waals surface area (Å²) in [6.45, 7) is 4.36. The van der Waals surface area contributed by atoms with Gasteiger partial charge in [0.25, 0.3) is 5.91 Å². The summed E-state index contributed by atoms with van der Waals surface area (Å²) >= 11 is 11.6. The van der Waals surface area contributed by atoms with Gasteiger partial charge >= 0.3 is 0 Å². The van der Waals surface area contributed by atoms with E-state index in [2.05, 4.69) is 24.1 Å². The van der Waals surface area contributed by atoms with Crippen LogP contribution in [0.3, 0.4) is 0 Å². The highest BCUT2D eigenvalue weighted by molar-refractivity contribution is 6.33. The Morgan fingerprint density at radius 2 is 2.00 bits per heavy atom. The molecule has 1 atom stereocenters. The van der Waals surface area contributed by atoms with Crippen molar-refractivity contribution >= 4 is 29.1 Å². The lowest BCUT2D eigenvalue weighted by Gasteiger charge is -2.27. The van der Waals surface area contributed by atoms with Gasteiger partial charge in [0.05, 0.1) is 0 Å². The first-order valence-electron chi connectivity index (χ1n) is 6.02. The van der Waals surface area contributed by atoms with Crippen LogP contribution < -0.4 is 5.32 Å². The van der Waals surface area contributed by atoms with Crippen LogP contribution in [0.1, 0.15) is 43.5 Å². The van der Waals surface area contributed by atoms with E-state index in [-0.39, 0.29) is 27.7 Å². The van der Waals surface area contributed by atoms with Crippen LogP contribution in [0.5, 0.6) is 0 Å². The van der Waals surface area contributed by atoms with Gasteiger partial charge in [0.2, 0.25) is 0 Å². The van der Waals surface area contributed by atoms with Crippen molar-refractivity contribution in [2.75, 3.05) is 0 Å². The van der Waals surface area contributed by atoms with Crippen molar-refractivity contribution in [1.29, 1.82) is 0 Å². The lowest BCUT2D eigenvalue weighted by molar-refractivity contribution is 0.0910. The summed E-state index contributed by atoms with van der Waals surface area (Å²) in [5.74, 6) is -0.138. The molecule has 0 radical (unpaired) electrons. The predicted octanol–water partition coefficient (Wildman–Crippen LogP) is 3.70. The average molecular weight is 287 g/mol. The van der Waals surface area contributed by atoms with Crippen LogP contribution in [0, 0.1) is 5.41 Å². The minimum Gasteiger partial charge on any atom is -0.349 e. The molecule has 3 nitrogen and oxygen atoms in total. The second kappa shape index (κ2) is 5.06. The van der Waals surface area contributed by atoms with E-state index in [1.807, 2.05) is 0 Å². The summed E-state index contributed by atoms with van der Waals surface area (Å²) in [6.07, 6.45) is 3.30. The molecule has 1 unspecified atom stereocenters. The van der Waals surface area contributed by atoms with Crippen molar-refractivity contribution in [3.05, 3.63) is 28.0 Å². The number of aromatic nitrogens is 1. The maximum absolute atomic E-state index is 12.1. The fraction of sp³-hybridized carbons (Fsp3) is 0.538. The summed E-state index contributed by atoms with van der Waals surface area (Å²) in [7, 11) is 0. The topological polar surface area (TPSA) is 42.0 Å². The molecule has 1 aromatic heterocycles. The SMILES string of the molecule is CC1(C)CCCC1NC(=O)c1cc(Cl)nc(Cl)c1. The van der Waals surface area contributed by atoms with Crippen LogP contribution in [-0.4, -0.2) is 16.9 Å². The number of pyridine rings is 1. The van der Waals surface area contributed by atoms with E-state index in [0.29, 0.717) is 5.56 Å². The molecule has 5 heteroatoms. The molecule has 1 saturated carbocycles. The van der Waals surface area contributed by atoms with Crippen LogP contribution in [0.25, 0.3) is 0 Å². The minimum atomic E-state index is -0.138. The number of nitrogens with zero attached hydrogens (tertiary/aromatic N) is 1. The summed E-state index contributed by atoms with van der Waals surface area (Å²) in [5.41, 5.74) is 0.610. The van der Waals surface area contributed by atoms with Crippen LogP contribution in [-0.2, 0) is 0 Å². The molecule has 0 aromatic carbocycles. The van der Waals surface area contributed by atoms with Crippen molar-refractivity contribution in [2.24, 2.45) is 5.41 Å². The zero-order valence-corrected chi connectivity index (χ0v) is 12.0. The number of rotatable bonds is 2. The zero-order valence-electron chi connectivity index (χ0n) is 10.5. The molecular formula is C13H16Cl2N2O. The Hall–Kier alpha value is -0.800. The van der Waals surface area contributed by atoms with E-state index in [1.54, 1.807) is 0 Å². The van der Waals surface area contributed by atoms with Gasteiger partial charge < -0.3 is 5.32 Å². The van der Waals surface area contributed by atoms with Crippen LogP contribution in [0.15, 0.2) is 12.1 Å². The molecule has 0 saturated heterocycles. The lowest BCUT2D eigenvalue weighted by Crippen LogP contribution is -2.41. The Morgan fingerprint density at radius 1 is 1.39 bits per heavy atom. The molecule has 1 aromatic rings. The van der Waals surface area contributed by atoms with E-state index in [4.69, 9.17) is 23.2 Å². The van der Waals surface area contributed by atoms with Crippen molar-refractivity contribution in [1.82, 2.24) is 10.3 Å². The fourth-order valence-corrected chi connectivity index (χ4v) is 2.89. The van der Waals surface area contributed by atoms with Gasteiger partial charge in [0.1, 0.15) is 10.3 Å². The number of halogens is 2. The normalized spacial score (nSPS) is 21.9. The first-order chi connectivity index (χ1) is 8.38. The van der Waals surface area contributed by atoms with Gasteiger partial charge in [0, 0.05) is 11.6 Å². The van der Waals surface area contributed by atoms with E-state index >= 15 is 0 Å². The number of hydrogen-bond donors (Lipinski definition) is 1. The highest BCUT2D eigenvalue weighted by Crippen LogP contribution is 2.37. The molecular weight excluding hydrogens is 271 g/mol. The molecule has 1 heterocycles. The van der Waals surface area contributed by atoms with Gasteiger partial charge in [0.15, 0.2) is 0 Å². The van der Waals surface area contributed by atoms with E-state index in [0.717, 1.165) is 19.3 Å². The number of hydrogen-bond acceptors (Lipinski definition) is 2. The first-order valence-corrected chi connectivity index (χ1v) is 6.78. The molecule has 1 aliphatic rings. The predicted molar refractivity (Wildman–Crippen MR) is 73.1 cm³/mol.